The highest BCUT2D eigenvalue weighted by Crippen LogP contribution is 2.22. The maximum Gasteiger partial charge on any atom is 0.246 e. The summed E-state index contributed by atoms with van der Waals surface area (Å²) in [6.07, 6.45) is 4.16. The van der Waals surface area contributed by atoms with Gasteiger partial charge in [0.2, 0.25) is 11.8 Å². The lowest BCUT2D eigenvalue weighted by Crippen LogP contribution is -2.43. The van der Waals surface area contributed by atoms with Crippen LogP contribution >= 0.6 is 11.6 Å². The van der Waals surface area contributed by atoms with E-state index in [4.69, 9.17) is 11.6 Å². The molecule has 1 fully saturated rings. The predicted octanol–water partition coefficient (Wildman–Crippen LogP) is 4.37. The molecule has 1 heterocycles. The minimum absolute atomic E-state index is 0.0974. The summed E-state index contributed by atoms with van der Waals surface area (Å²) in [7, 11) is 0. The van der Waals surface area contributed by atoms with Crippen molar-refractivity contribution in [3.8, 4) is 0 Å². The molecule has 0 saturated carbocycles. The Morgan fingerprint density at radius 2 is 1.93 bits per heavy atom. The van der Waals surface area contributed by atoms with E-state index in [1.807, 2.05) is 30.3 Å². The molecule has 27 heavy (non-hydrogen) atoms. The van der Waals surface area contributed by atoms with E-state index in [1.165, 1.54) is 24.3 Å². The van der Waals surface area contributed by atoms with Crippen LogP contribution in [0.1, 0.15) is 18.4 Å². The van der Waals surface area contributed by atoms with Crippen LogP contribution in [0.4, 0.5) is 10.1 Å². The molecule has 1 unspecified atom stereocenters. The molecule has 2 aromatic carbocycles. The summed E-state index contributed by atoms with van der Waals surface area (Å²) in [5, 5.41) is 3.13. The zero-order chi connectivity index (χ0) is 19.2. The molecule has 2 amide bonds. The first-order valence-electron chi connectivity index (χ1n) is 8.81. The number of anilines is 1. The number of hydrogen-bond acceptors (Lipinski definition) is 2. The predicted molar refractivity (Wildman–Crippen MR) is 105 cm³/mol. The average molecular weight is 387 g/mol. The molecule has 0 aliphatic carbocycles. The summed E-state index contributed by atoms with van der Waals surface area (Å²) in [6.45, 7) is 0.913. The second kappa shape index (κ2) is 8.82. The van der Waals surface area contributed by atoms with Crippen LogP contribution in [0.3, 0.4) is 0 Å². The molecular weight excluding hydrogens is 367 g/mol. The normalized spacial score (nSPS) is 17.1. The van der Waals surface area contributed by atoms with Gasteiger partial charge in [0.25, 0.3) is 0 Å². The molecule has 6 heteroatoms. The largest absolute Gasteiger partial charge is 0.338 e. The monoisotopic (exact) mass is 386 g/mol. The van der Waals surface area contributed by atoms with Crippen LogP contribution in [0.25, 0.3) is 6.08 Å². The summed E-state index contributed by atoms with van der Waals surface area (Å²) in [4.78, 5) is 26.5. The van der Waals surface area contributed by atoms with Crippen LogP contribution in [0.15, 0.2) is 54.6 Å². The Bertz CT molecular complexity index is 834. The number of likely N-dealkylation sites (tertiary alicyclic amines) is 1. The lowest BCUT2D eigenvalue weighted by atomic mass is 9.97. The molecule has 0 radical (unpaired) electrons. The Balaban J connectivity index is 1.62. The molecule has 0 bridgehead atoms. The van der Waals surface area contributed by atoms with E-state index in [2.05, 4.69) is 5.32 Å². The van der Waals surface area contributed by atoms with Gasteiger partial charge in [0.05, 0.1) is 10.9 Å². The molecule has 4 nitrogen and oxygen atoms in total. The van der Waals surface area contributed by atoms with Gasteiger partial charge in [0.15, 0.2) is 0 Å². The van der Waals surface area contributed by atoms with Crippen LogP contribution in [-0.2, 0) is 9.59 Å². The lowest BCUT2D eigenvalue weighted by Gasteiger charge is -2.31. The van der Waals surface area contributed by atoms with E-state index >= 15 is 0 Å². The summed E-state index contributed by atoms with van der Waals surface area (Å²) in [6, 6.07) is 13.6. The van der Waals surface area contributed by atoms with E-state index in [0.29, 0.717) is 13.1 Å². The van der Waals surface area contributed by atoms with Gasteiger partial charge in [-0.15, -0.1) is 0 Å². The molecular formula is C21H20ClFN2O2. The number of hydrogen-bond donors (Lipinski definition) is 1. The molecule has 1 saturated heterocycles. The number of carbonyl (C=O) groups excluding carboxylic acids is 2. The smallest absolute Gasteiger partial charge is 0.246 e. The highest BCUT2D eigenvalue weighted by Gasteiger charge is 2.27. The van der Waals surface area contributed by atoms with Gasteiger partial charge in [0.1, 0.15) is 5.82 Å². The number of amides is 2. The third-order valence-corrected chi connectivity index (χ3v) is 4.87. The van der Waals surface area contributed by atoms with Crippen molar-refractivity contribution in [2.24, 2.45) is 5.92 Å². The fourth-order valence-corrected chi connectivity index (χ4v) is 3.31. The topological polar surface area (TPSA) is 49.4 Å². The van der Waals surface area contributed by atoms with E-state index in [-0.39, 0.29) is 28.3 Å². The summed E-state index contributed by atoms with van der Waals surface area (Å²) < 4.78 is 13.8. The quantitative estimate of drug-likeness (QED) is 0.793. The van der Waals surface area contributed by atoms with E-state index in [0.717, 1.165) is 18.5 Å². The number of carbonyl (C=O) groups is 2. The second-order valence-electron chi connectivity index (χ2n) is 6.45. The van der Waals surface area contributed by atoms with Crippen LogP contribution < -0.4 is 5.32 Å². The average Bonchev–Trinajstić information content (AvgIpc) is 2.68. The number of nitrogens with one attached hydrogen (secondary N) is 1. The Hall–Kier alpha value is -2.66. The van der Waals surface area contributed by atoms with Gasteiger partial charge in [0, 0.05) is 30.4 Å². The van der Waals surface area contributed by atoms with Crippen molar-refractivity contribution in [3.05, 3.63) is 71.0 Å². The van der Waals surface area contributed by atoms with Crippen LogP contribution in [0.5, 0.6) is 0 Å². The highest BCUT2D eigenvalue weighted by atomic mass is 35.5. The van der Waals surface area contributed by atoms with Crippen molar-refractivity contribution in [1.82, 2.24) is 4.90 Å². The summed E-state index contributed by atoms with van der Waals surface area (Å²) >= 11 is 5.97. The molecule has 2 aromatic rings. The number of para-hydroxylation sites is 1. The number of rotatable bonds is 4. The number of piperidine rings is 1. The summed E-state index contributed by atoms with van der Waals surface area (Å²) in [5.74, 6) is -1.11. The molecule has 1 N–H and O–H groups in total. The summed E-state index contributed by atoms with van der Waals surface area (Å²) in [5.41, 5.74) is 0.919. The van der Waals surface area contributed by atoms with Gasteiger partial charge in [-0.25, -0.2) is 4.39 Å². The van der Waals surface area contributed by atoms with Gasteiger partial charge in [-0.3, -0.25) is 9.59 Å². The first kappa shape index (κ1) is 19.1. The standard InChI is InChI=1S/C21H20ClFN2O2/c22-18-9-4-10-19(23)17(18)11-12-20(26)25-13-5-6-15(14-25)21(27)24-16-7-2-1-3-8-16/h1-4,7-12,15H,5-6,13-14H2,(H,24,27). The Morgan fingerprint density at radius 3 is 2.67 bits per heavy atom. The Morgan fingerprint density at radius 1 is 1.15 bits per heavy atom. The van der Waals surface area contributed by atoms with Crippen LogP contribution in [0.2, 0.25) is 5.02 Å². The highest BCUT2D eigenvalue weighted by molar-refractivity contribution is 6.32. The SMILES string of the molecule is O=C(Nc1ccccc1)C1CCCN(C(=O)C=Cc2c(F)cccc2Cl)C1. The number of benzene rings is 2. The Labute approximate surface area is 162 Å². The third-order valence-electron chi connectivity index (χ3n) is 4.54. The first-order chi connectivity index (χ1) is 13.0. The molecule has 1 aliphatic rings. The van der Waals surface area contributed by atoms with Gasteiger partial charge in [-0.05, 0) is 43.2 Å². The van der Waals surface area contributed by atoms with Crippen molar-refractivity contribution in [3.63, 3.8) is 0 Å². The molecule has 0 aromatic heterocycles. The molecule has 3 rings (SSSR count). The van der Waals surface area contributed by atoms with Crippen molar-refractivity contribution in [2.75, 3.05) is 18.4 Å². The zero-order valence-corrected chi connectivity index (χ0v) is 15.5. The van der Waals surface area contributed by atoms with Crippen molar-refractivity contribution < 1.29 is 14.0 Å². The van der Waals surface area contributed by atoms with E-state index in [9.17, 15) is 14.0 Å². The Kier molecular flexibility index (Phi) is 6.24. The minimum Gasteiger partial charge on any atom is -0.338 e. The first-order valence-corrected chi connectivity index (χ1v) is 9.19. The van der Waals surface area contributed by atoms with Crippen molar-refractivity contribution in [2.45, 2.75) is 12.8 Å². The van der Waals surface area contributed by atoms with E-state index in [1.54, 1.807) is 11.0 Å². The third kappa shape index (κ3) is 4.95. The van der Waals surface area contributed by atoms with Crippen LogP contribution in [0, 0.1) is 11.7 Å². The fourth-order valence-electron chi connectivity index (χ4n) is 3.09. The van der Waals surface area contributed by atoms with Crippen LogP contribution in [-0.4, -0.2) is 29.8 Å². The maximum absolute atomic E-state index is 13.8. The van der Waals surface area contributed by atoms with Crippen molar-refractivity contribution in [1.29, 1.82) is 0 Å². The van der Waals surface area contributed by atoms with Gasteiger partial charge in [-0.1, -0.05) is 35.9 Å². The molecule has 140 valence electrons. The second-order valence-corrected chi connectivity index (χ2v) is 6.85. The van der Waals surface area contributed by atoms with Gasteiger partial charge < -0.3 is 10.2 Å². The molecule has 0 spiro atoms. The number of halogens is 2. The number of nitrogens with zero attached hydrogens (tertiary/aromatic N) is 1. The van der Waals surface area contributed by atoms with Gasteiger partial charge in [-0.2, -0.15) is 0 Å². The zero-order valence-electron chi connectivity index (χ0n) is 14.7. The van der Waals surface area contributed by atoms with Gasteiger partial charge >= 0.3 is 0 Å². The lowest BCUT2D eigenvalue weighted by molar-refractivity contribution is -0.130. The van der Waals surface area contributed by atoms with E-state index < -0.39 is 5.82 Å². The molecule has 1 atom stereocenters. The molecule has 1 aliphatic heterocycles. The maximum atomic E-state index is 13.8. The van der Waals surface area contributed by atoms with Crippen molar-refractivity contribution >= 4 is 35.2 Å². The fraction of sp³-hybridized carbons (Fsp3) is 0.238. The minimum atomic E-state index is -0.481.